The van der Waals surface area contributed by atoms with Crippen LogP contribution in [0.5, 0.6) is 0 Å². The average Bonchev–Trinajstić information content (AvgIpc) is 3.08. The number of anilines is 1. The molecule has 0 aromatic heterocycles. The van der Waals surface area contributed by atoms with Crippen molar-refractivity contribution in [2.45, 2.75) is 19.4 Å². The Bertz CT molecular complexity index is 569. The van der Waals surface area contributed by atoms with E-state index >= 15 is 0 Å². The van der Waals surface area contributed by atoms with Crippen LogP contribution in [0.4, 0.5) is 5.69 Å². The van der Waals surface area contributed by atoms with E-state index < -0.39 is 0 Å². The predicted octanol–water partition coefficient (Wildman–Crippen LogP) is 3.41. The van der Waals surface area contributed by atoms with E-state index in [4.69, 9.17) is 0 Å². The van der Waals surface area contributed by atoms with Crippen LogP contribution in [-0.4, -0.2) is 19.3 Å². The van der Waals surface area contributed by atoms with Crippen LogP contribution < -0.4 is 10.3 Å². The molecule has 2 aromatic carbocycles. The molecule has 1 fully saturated rings. The van der Waals surface area contributed by atoms with Crippen molar-refractivity contribution < 1.29 is 0 Å². The van der Waals surface area contributed by atoms with Crippen LogP contribution in [0.25, 0.3) is 0 Å². The molecule has 0 bridgehead atoms. The maximum absolute atomic E-state index is 4.28. The van der Waals surface area contributed by atoms with Gasteiger partial charge in [-0.2, -0.15) is 5.10 Å². The van der Waals surface area contributed by atoms with Crippen LogP contribution in [0.15, 0.2) is 59.7 Å². The van der Waals surface area contributed by atoms with Crippen molar-refractivity contribution in [3.8, 4) is 0 Å². The zero-order chi connectivity index (χ0) is 14.3. The highest BCUT2D eigenvalue weighted by Gasteiger charge is 2.11. The van der Waals surface area contributed by atoms with E-state index in [-0.39, 0.29) is 0 Å². The molecule has 0 unspecified atom stereocenters. The van der Waals surface area contributed by atoms with E-state index in [0.29, 0.717) is 0 Å². The van der Waals surface area contributed by atoms with E-state index in [1.54, 1.807) is 0 Å². The molecule has 0 amide bonds. The lowest BCUT2D eigenvalue weighted by atomic mass is 10.2. The summed E-state index contributed by atoms with van der Waals surface area (Å²) >= 11 is 0. The Morgan fingerprint density at radius 3 is 2.38 bits per heavy atom. The molecule has 1 N–H and O–H groups in total. The van der Waals surface area contributed by atoms with Gasteiger partial charge in [-0.3, -0.25) is 0 Å². The van der Waals surface area contributed by atoms with Gasteiger partial charge in [-0.15, -0.1) is 0 Å². The standard InChI is InChI=1S/C18H21N3/c1-2-6-16(7-3-1)14-19-20-15-17-8-10-18(11-9-17)21-12-4-5-13-21/h1-3,6-11,15,19H,4-5,12-14H2. The number of nitrogens with one attached hydrogen (secondary N) is 1. The molecule has 1 heterocycles. The van der Waals surface area contributed by atoms with Gasteiger partial charge < -0.3 is 10.3 Å². The lowest BCUT2D eigenvalue weighted by molar-refractivity contribution is 0.748. The molecule has 2 aromatic rings. The molecule has 3 heteroatoms. The summed E-state index contributed by atoms with van der Waals surface area (Å²) in [5.41, 5.74) is 6.76. The highest BCUT2D eigenvalue weighted by Crippen LogP contribution is 2.19. The molecule has 0 saturated carbocycles. The van der Waals surface area contributed by atoms with Crippen LogP contribution in [0.2, 0.25) is 0 Å². The SMILES string of the molecule is C(=NNCc1ccccc1)c1ccc(N2CCCC2)cc1. The molecule has 0 atom stereocenters. The quantitative estimate of drug-likeness (QED) is 0.671. The molecule has 0 spiro atoms. The molecule has 1 aliphatic rings. The van der Waals surface area contributed by atoms with Crippen molar-refractivity contribution >= 4 is 11.9 Å². The van der Waals surface area contributed by atoms with E-state index in [9.17, 15) is 0 Å². The summed E-state index contributed by atoms with van der Waals surface area (Å²) in [4.78, 5) is 2.44. The minimum absolute atomic E-state index is 0.753. The first-order valence-electron chi connectivity index (χ1n) is 7.57. The van der Waals surface area contributed by atoms with Gasteiger partial charge in [0.2, 0.25) is 0 Å². The number of rotatable bonds is 5. The van der Waals surface area contributed by atoms with Gasteiger partial charge in [-0.25, -0.2) is 0 Å². The fourth-order valence-electron chi connectivity index (χ4n) is 2.60. The van der Waals surface area contributed by atoms with E-state index in [1.807, 2.05) is 24.4 Å². The minimum atomic E-state index is 0.753. The van der Waals surface area contributed by atoms with Gasteiger partial charge in [0.15, 0.2) is 0 Å². The van der Waals surface area contributed by atoms with Gasteiger partial charge in [0.05, 0.1) is 12.8 Å². The lowest BCUT2D eigenvalue weighted by Crippen LogP contribution is -2.17. The fourth-order valence-corrected chi connectivity index (χ4v) is 2.60. The van der Waals surface area contributed by atoms with E-state index in [1.165, 1.54) is 37.2 Å². The summed E-state index contributed by atoms with van der Waals surface area (Å²) in [6, 6.07) is 18.9. The number of benzene rings is 2. The fraction of sp³-hybridized carbons (Fsp3) is 0.278. The zero-order valence-corrected chi connectivity index (χ0v) is 12.2. The summed E-state index contributed by atoms with van der Waals surface area (Å²) < 4.78 is 0. The van der Waals surface area contributed by atoms with Crippen LogP contribution in [0, 0.1) is 0 Å². The summed E-state index contributed by atoms with van der Waals surface area (Å²) in [5, 5.41) is 4.28. The topological polar surface area (TPSA) is 27.6 Å². The molecule has 1 aliphatic heterocycles. The Balaban J connectivity index is 1.51. The van der Waals surface area contributed by atoms with Gasteiger partial charge in [0.1, 0.15) is 0 Å². The Morgan fingerprint density at radius 2 is 1.67 bits per heavy atom. The lowest BCUT2D eigenvalue weighted by Gasteiger charge is -2.17. The van der Waals surface area contributed by atoms with Crippen molar-refractivity contribution in [1.29, 1.82) is 0 Å². The molecule has 0 radical (unpaired) electrons. The number of hydrogen-bond acceptors (Lipinski definition) is 3. The third-order valence-corrected chi connectivity index (χ3v) is 3.80. The van der Waals surface area contributed by atoms with Crippen LogP contribution in [0.1, 0.15) is 24.0 Å². The third kappa shape index (κ3) is 3.85. The predicted molar refractivity (Wildman–Crippen MR) is 88.8 cm³/mol. The summed E-state index contributed by atoms with van der Waals surface area (Å²) in [6.07, 6.45) is 4.50. The van der Waals surface area contributed by atoms with Crippen molar-refractivity contribution in [3.63, 3.8) is 0 Å². The molecule has 3 nitrogen and oxygen atoms in total. The second-order valence-electron chi connectivity index (χ2n) is 5.36. The first-order chi connectivity index (χ1) is 10.4. The second kappa shape index (κ2) is 6.93. The Morgan fingerprint density at radius 1 is 0.952 bits per heavy atom. The van der Waals surface area contributed by atoms with Crippen LogP contribution >= 0.6 is 0 Å². The van der Waals surface area contributed by atoms with Crippen molar-refractivity contribution in [2.24, 2.45) is 5.10 Å². The Labute approximate surface area is 126 Å². The van der Waals surface area contributed by atoms with Crippen molar-refractivity contribution in [2.75, 3.05) is 18.0 Å². The molecule has 21 heavy (non-hydrogen) atoms. The zero-order valence-electron chi connectivity index (χ0n) is 12.2. The van der Waals surface area contributed by atoms with Crippen LogP contribution in [0.3, 0.4) is 0 Å². The van der Waals surface area contributed by atoms with Crippen molar-refractivity contribution in [1.82, 2.24) is 5.43 Å². The molecule has 3 rings (SSSR count). The molecule has 1 saturated heterocycles. The normalized spacial score (nSPS) is 14.8. The number of nitrogens with zero attached hydrogens (tertiary/aromatic N) is 2. The van der Waals surface area contributed by atoms with E-state index in [0.717, 1.165) is 12.1 Å². The van der Waals surface area contributed by atoms with Gasteiger partial charge in [0, 0.05) is 18.8 Å². The summed E-state index contributed by atoms with van der Waals surface area (Å²) in [5.74, 6) is 0. The van der Waals surface area contributed by atoms with Gasteiger partial charge in [-0.05, 0) is 36.1 Å². The Hall–Kier alpha value is -2.29. The first kappa shape index (κ1) is 13.7. The Kier molecular flexibility index (Phi) is 4.52. The molecule has 108 valence electrons. The molecular weight excluding hydrogens is 258 g/mol. The van der Waals surface area contributed by atoms with Crippen LogP contribution in [-0.2, 0) is 6.54 Å². The summed E-state index contributed by atoms with van der Waals surface area (Å²) in [7, 11) is 0. The van der Waals surface area contributed by atoms with Gasteiger partial charge >= 0.3 is 0 Å². The highest BCUT2D eigenvalue weighted by molar-refractivity contribution is 5.80. The largest absolute Gasteiger partial charge is 0.372 e. The van der Waals surface area contributed by atoms with E-state index in [2.05, 4.69) is 51.8 Å². The maximum Gasteiger partial charge on any atom is 0.0580 e. The third-order valence-electron chi connectivity index (χ3n) is 3.80. The molecule has 0 aliphatic carbocycles. The minimum Gasteiger partial charge on any atom is -0.372 e. The number of hydrazone groups is 1. The van der Waals surface area contributed by atoms with Gasteiger partial charge in [0.25, 0.3) is 0 Å². The molecular formula is C18H21N3. The maximum atomic E-state index is 4.28. The van der Waals surface area contributed by atoms with Gasteiger partial charge in [-0.1, -0.05) is 42.5 Å². The number of hydrogen-bond donors (Lipinski definition) is 1. The average molecular weight is 279 g/mol. The smallest absolute Gasteiger partial charge is 0.0580 e. The highest BCUT2D eigenvalue weighted by atomic mass is 15.3. The second-order valence-corrected chi connectivity index (χ2v) is 5.36. The first-order valence-corrected chi connectivity index (χ1v) is 7.57. The summed E-state index contributed by atoms with van der Waals surface area (Å²) in [6.45, 7) is 3.13. The van der Waals surface area contributed by atoms with Crippen molar-refractivity contribution in [3.05, 3.63) is 65.7 Å². The monoisotopic (exact) mass is 279 g/mol.